The van der Waals surface area contributed by atoms with Gasteiger partial charge in [-0.05, 0) is 55.0 Å². The van der Waals surface area contributed by atoms with Crippen molar-refractivity contribution in [3.05, 3.63) is 87.4 Å². The van der Waals surface area contributed by atoms with Crippen molar-refractivity contribution in [1.29, 1.82) is 0 Å². The lowest BCUT2D eigenvalue weighted by Crippen LogP contribution is -2.22. The minimum absolute atomic E-state index is 0.133. The van der Waals surface area contributed by atoms with E-state index in [0.29, 0.717) is 26.4 Å². The molecule has 1 unspecified atom stereocenters. The third-order valence-electron chi connectivity index (χ3n) is 4.29. The predicted molar refractivity (Wildman–Crippen MR) is 131 cm³/mol. The number of nitrogens with one attached hydrogen (secondary N) is 2. The fraction of sp³-hybridized carbons (Fsp3) is 0.130. The molecule has 1 atom stereocenters. The summed E-state index contributed by atoms with van der Waals surface area (Å²) >= 11 is 19.4. The van der Waals surface area contributed by atoms with E-state index in [2.05, 4.69) is 10.6 Å². The Morgan fingerprint density at radius 2 is 1.65 bits per heavy atom. The van der Waals surface area contributed by atoms with E-state index >= 15 is 0 Å². The summed E-state index contributed by atoms with van der Waals surface area (Å²) in [6.45, 7) is 1.80. The number of thioether (sulfide) groups is 1. The molecule has 0 aliphatic carbocycles. The van der Waals surface area contributed by atoms with E-state index < -0.39 is 5.25 Å². The van der Waals surface area contributed by atoms with Crippen LogP contribution in [-0.2, 0) is 16.0 Å². The SMILES string of the molecule is CC(Sc1cccc(NC(=O)Cc2ccc(Cl)cc2)c1)C(=O)Nc1cccc(Cl)c1Cl. The highest BCUT2D eigenvalue weighted by Gasteiger charge is 2.17. The van der Waals surface area contributed by atoms with Gasteiger partial charge in [0.2, 0.25) is 11.8 Å². The molecule has 2 N–H and O–H groups in total. The van der Waals surface area contributed by atoms with Crippen molar-refractivity contribution in [3.63, 3.8) is 0 Å². The van der Waals surface area contributed by atoms with Crippen LogP contribution >= 0.6 is 46.6 Å². The number of hydrogen-bond donors (Lipinski definition) is 2. The summed E-state index contributed by atoms with van der Waals surface area (Å²) in [6.07, 6.45) is 0.244. The van der Waals surface area contributed by atoms with Gasteiger partial charge in [-0.15, -0.1) is 11.8 Å². The molecule has 0 saturated heterocycles. The zero-order valence-electron chi connectivity index (χ0n) is 16.5. The Bertz CT molecular complexity index is 1090. The minimum Gasteiger partial charge on any atom is -0.326 e. The van der Waals surface area contributed by atoms with Gasteiger partial charge in [0.1, 0.15) is 0 Å². The highest BCUT2D eigenvalue weighted by Crippen LogP contribution is 2.31. The van der Waals surface area contributed by atoms with Gasteiger partial charge >= 0.3 is 0 Å². The summed E-state index contributed by atoms with van der Waals surface area (Å²) in [7, 11) is 0. The maximum Gasteiger partial charge on any atom is 0.237 e. The Kier molecular flexibility index (Phi) is 8.27. The molecule has 160 valence electrons. The van der Waals surface area contributed by atoms with Crippen molar-refractivity contribution in [2.45, 2.75) is 23.5 Å². The lowest BCUT2D eigenvalue weighted by Gasteiger charge is -2.14. The first-order valence-corrected chi connectivity index (χ1v) is 11.4. The van der Waals surface area contributed by atoms with Crippen LogP contribution in [-0.4, -0.2) is 17.1 Å². The predicted octanol–water partition coefficient (Wildman–Crippen LogP) is 6.95. The molecule has 2 amide bonds. The molecular weight excluding hydrogens is 475 g/mol. The number of hydrogen-bond acceptors (Lipinski definition) is 3. The van der Waals surface area contributed by atoms with Crippen molar-refractivity contribution < 1.29 is 9.59 Å². The molecule has 0 radical (unpaired) electrons. The molecule has 0 fully saturated rings. The van der Waals surface area contributed by atoms with Crippen molar-refractivity contribution in [1.82, 2.24) is 0 Å². The van der Waals surface area contributed by atoms with E-state index in [-0.39, 0.29) is 18.2 Å². The molecule has 0 aliphatic rings. The van der Waals surface area contributed by atoms with Crippen LogP contribution in [0.4, 0.5) is 11.4 Å². The van der Waals surface area contributed by atoms with Gasteiger partial charge in [-0.1, -0.05) is 59.1 Å². The van der Waals surface area contributed by atoms with Crippen LogP contribution in [0.3, 0.4) is 0 Å². The largest absolute Gasteiger partial charge is 0.326 e. The number of carbonyl (C=O) groups is 2. The number of benzene rings is 3. The van der Waals surface area contributed by atoms with E-state index in [1.165, 1.54) is 11.8 Å². The van der Waals surface area contributed by atoms with Crippen molar-refractivity contribution in [2.75, 3.05) is 10.6 Å². The van der Waals surface area contributed by atoms with E-state index in [9.17, 15) is 9.59 Å². The van der Waals surface area contributed by atoms with Gasteiger partial charge in [-0.2, -0.15) is 0 Å². The summed E-state index contributed by atoms with van der Waals surface area (Å²) in [5.41, 5.74) is 2.00. The Labute approximate surface area is 200 Å². The molecule has 4 nitrogen and oxygen atoms in total. The average Bonchev–Trinajstić information content (AvgIpc) is 2.73. The summed E-state index contributed by atoms with van der Waals surface area (Å²) in [6, 6.07) is 19.6. The number of halogens is 3. The van der Waals surface area contributed by atoms with Crippen LogP contribution in [0.25, 0.3) is 0 Å². The molecule has 0 spiro atoms. The third kappa shape index (κ3) is 6.91. The van der Waals surface area contributed by atoms with E-state index in [4.69, 9.17) is 34.8 Å². The average molecular weight is 494 g/mol. The molecule has 3 rings (SSSR count). The lowest BCUT2D eigenvalue weighted by atomic mass is 10.1. The molecule has 8 heteroatoms. The number of carbonyl (C=O) groups excluding carboxylic acids is 2. The molecule has 31 heavy (non-hydrogen) atoms. The molecule has 0 bridgehead atoms. The lowest BCUT2D eigenvalue weighted by molar-refractivity contribution is -0.116. The highest BCUT2D eigenvalue weighted by molar-refractivity contribution is 8.00. The molecule has 0 aliphatic heterocycles. The Balaban J connectivity index is 1.59. The van der Waals surface area contributed by atoms with Crippen LogP contribution < -0.4 is 10.6 Å². The van der Waals surface area contributed by atoms with Crippen LogP contribution in [0, 0.1) is 0 Å². The maximum absolute atomic E-state index is 12.6. The summed E-state index contributed by atoms with van der Waals surface area (Å²) < 4.78 is 0. The standard InChI is InChI=1S/C23H19Cl3N2O2S/c1-14(23(30)28-20-7-3-6-19(25)22(20)26)31-18-5-2-4-17(13-18)27-21(29)12-15-8-10-16(24)11-9-15/h2-11,13-14H,12H2,1H3,(H,27,29)(H,28,30). The van der Waals surface area contributed by atoms with Crippen molar-refractivity contribution >= 4 is 69.8 Å². The Morgan fingerprint density at radius 1 is 0.935 bits per heavy atom. The van der Waals surface area contributed by atoms with Crippen molar-refractivity contribution in [3.8, 4) is 0 Å². The Hall–Kier alpha value is -2.18. The molecule has 0 heterocycles. The van der Waals surface area contributed by atoms with Crippen LogP contribution in [0.5, 0.6) is 0 Å². The molecule has 0 saturated carbocycles. The van der Waals surface area contributed by atoms with E-state index in [0.717, 1.165) is 10.5 Å². The molecule has 3 aromatic carbocycles. The number of anilines is 2. The Morgan fingerprint density at radius 3 is 2.39 bits per heavy atom. The first-order chi connectivity index (χ1) is 14.8. The summed E-state index contributed by atoms with van der Waals surface area (Å²) in [5, 5.41) is 6.60. The van der Waals surface area contributed by atoms with Crippen LogP contribution in [0.2, 0.25) is 15.1 Å². The zero-order valence-corrected chi connectivity index (χ0v) is 19.6. The fourth-order valence-electron chi connectivity index (χ4n) is 2.73. The van der Waals surface area contributed by atoms with E-state index in [1.807, 2.05) is 30.3 Å². The van der Waals surface area contributed by atoms with Crippen LogP contribution in [0.15, 0.2) is 71.6 Å². The normalized spacial score (nSPS) is 11.6. The molecule has 0 aromatic heterocycles. The summed E-state index contributed by atoms with van der Waals surface area (Å²) in [4.78, 5) is 25.7. The van der Waals surface area contributed by atoms with Gasteiger partial charge in [0.15, 0.2) is 0 Å². The van der Waals surface area contributed by atoms with Gasteiger partial charge in [-0.3, -0.25) is 9.59 Å². The third-order valence-corrected chi connectivity index (χ3v) is 6.45. The monoisotopic (exact) mass is 492 g/mol. The second-order valence-electron chi connectivity index (χ2n) is 6.73. The quantitative estimate of drug-likeness (QED) is 0.350. The van der Waals surface area contributed by atoms with Gasteiger partial charge in [0, 0.05) is 15.6 Å². The fourth-order valence-corrected chi connectivity index (χ4v) is 4.13. The second-order valence-corrected chi connectivity index (χ2v) is 9.37. The smallest absolute Gasteiger partial charge is 0.237 e. The van der Waals surface area contributed by atoms with Gasteiger partial charge in [0.05, 0.1) is 27.4 Å². The topological polar surface area (TPSA) is 58.2 Å². The van der Waals surface area contributed by atoms with Gasteiger partial charge in [0.25, 0.3) is 0 Å². The molecule has 3 aromatic rings. The van der Waals surface area contributed by atoms with E-state index in [1.54, 1.807) is 43.3 Å². The first-order valence-electron chi connectivity index (χ1n) is 9.37. The minimum atomic E-state index is -0.393. The van der Waals surface area contributed by atoms with Crippen molar-refractivity contribution in [2.24, 2.45) is 0 Å². The maximum atomic E-state index is 12.6. The number of amides is 2. The highest BCUT2D eigenvalue weighted by atomic mass is 35.5. The zero-order chi connectivity index (χ0) is 22.4. The van der Waals surface area contributed by atoms with Gasteiger partial charge in [-0.25, -0.2) is 0 Å². The number of rotatable bonds is 7. The second kappa shape index (κ2) is 10.9. The molecular formula is C23H19Cl3N2O2S. The summed E-state index contributed by atoms with van der Waals surface area (Å²) in [5.74, 6) is -0.336. The van der Waals surface area contributed by atoms with Gasteiger partial charge < -0.3 is 10.6 Å². The first kappa shape index (κ1) is 23.5. The van der Waals surface area contributed by atoms with Crippen LogP contribution in [0.1, 0.15) is 12.5 Å².